The summed E-state index contributed by atoms with van der Waals surface area (Å²) >= 11 is 0. The number of hydrogen-bond donors (Lipinski definition) is 1. The fraction of sp³-hybridized carbons (Fsp3) is 0.273. The van der Waals surface area contributed by atoms with Gasteiger partial charge in [-0.1, -0.05) is 0 Å². The first-order chi connectivity index (χ1) is 6.93. The highest BCUT2D eigenvalue weighted by molar-refractivity contribution is 5.58. The molecule has 1 saturated carbocycles. The van der Waals surface area contributed by atoms with E-state index >= 15 is 0 Å². The minimum Gasteiger partial charge on any atom is -0.282 e. The zero-order valence-corrected chi connectivity index (χ0v) is 7.77. The molecule has 1 fully saturated rings. The lowest BCUT2D eigenvalue weighted by Gasteiger charge is -1.91. The van der Waals surface area contributed by atoms with E-state index in [1.807, 2.05) is 18.3 Å². The maximum atomic E-state index is 4.28. The fourth-order valence-electron chi connectivity index (χ4n) is 1.60. The average Bonchev–Trinajstić information content (AvgIpc) is 2.98. The predicted octanol–water partition coefficient (Wildman–Crippen LogP) is 2.35. The highest BCUT2D eigenvalue weighted by Crippen LogP contribution is 2.39. The molecule has 2 aromatic heterocycles. The Bertz CT molecular complexity index is 429. The summed E-state index contributed by atoms with van der Waals surface area (Å²) in [6.07, 6.45) is 6.22. The van der Waals surface area contributed by atoms with Crippen LogP contribution in [0.1, 0.15) is 24.5 Å². The van der Waals surface area contributed by atoms with Crippen LogP contribution in [-0.4, -0.2) is 15.2 Å². The summed E-state index contributed by atoms with van der Waals surface area (Å²) in [5.41, 5.74) is 3.35. The molecule has 14 heavy (non-hydrogen) atoms. The molecule has 1 N–H and O–H groups in total. The molecule has 0 aliphatic heterocycles. The van der Waals surface area contributed by atoms with Gasteiger partial charge in [0.15, 0.2) is 0 Å². The zero-order valence-electron chi connectivity index (χ0n) is 7.77. The third-order valence-corrected chi connectivity index (χ3v) is 2.57. The van der Waals surface area contributed by atoms with Crippen molar-refractivity contribution in [3.05, 3.63) is 36.3 Å². The topological polar surface area (TPSA) is 41.6 Å². The molecule has 0 atom stereocenters. The molecule has 2 heterocycles. The van der Waals surface area contributed by atoms with Crippen molar-refractivity contribution in [2.45, 2.75) is 18.8 Å². The van der Waals surface area contributed by atoms with E-state index in [9.17, 15) is 0 Å². The Hall–Kier alpha value is -1.64. The Labute approximate surface area is 82.2 Å². The number of H-pyrrole nitrogens is 1. The van der Waals surface area contributed by atoms with Crippen molar-refractivity contribution < 1.29 is 0 Å². The molecular formula is C11H11N3. The van der Waals surface area contributed by atoms with Crippen LogP contribution in [0.2, 0.25) is 0 Å². The summed E-state index contributed by atoms with van der Waals surface area (Å²) in [6.45, 7) is 0. The van der Waals surface area contributed by atoms with Crippen molar-refractivity contribution in [1.82, 2.24) is 15.2 Å². The van der Waals surface area contributed by atoms with E-state index in [-0.39, 0.29) is 0 Å². The summed E-state index contributed by atoms with van der Waals surface area (Å²) in [6, 6.07) is 6.09. The van der Waals surface area contributed by atoms with E-state index < -0.39 is 0 Å². The quantitative estimate of drug-likeness (QED) is 0.780. The van der Waals surface area contributed by atoms with Gasteiger partial charge in [0.25, 0.3) is 0 Å². The summed E-state index contributed by atoms with van der Waals surface area (Å²) in [5.74, 6) is 0.730. The monoisotopic (exact) mass is 185 g/mol. The smallest absolute Gasteiger partial charge is 0.0939 e. The van der Waals surface area contributed by atoms with Crippen molar-refractivity contribution in [2.75, 3.05) is 0 Å². The van der Waals surface area contributed by atoms with Crippen LogP contribution in [-0.2, 0) is 0 Å². The number of hydrogen-bond acceptors (Lipinski definition) is 2. The van der Waals surface area contributed by atoms with Crippen LogP contribution < -0.4 is 0 Å². The second-order valence-corrected chi connectivity index (χ2v) is 3.72. The van der Waals surface area contributed by atoms with E-state index in [2.05, 4.69) is 21.2 Å². The molecule has 0 amide bonds. The van der Waals surface area contributed by atoms with Gasteiger partial charge in [-0.3, -0.25) is 10.1 Å². The number of aromatic amines is 1. The van der Waals surface area contributed by atoms with Crippen LogP contribution >= 0.6 is 0 Å². The van der Waals surface area contributed by atoms with Crippen LogP contribution in [0.15, 0.2) is 30.6 Å². The van der Waals surface area contributed by atoms with E-state index in [1.165, 1.54) is 18.5 Å². The molecule has 1 aliphatic carbocycles. The normalized spacial score (nSPS) is 15.7. The fourth-order valence-corrected chi connectivity index (χ4v) is 1.60. The Morgan fingerprint density at radius 2 is 2.29 bits per heavy atom. The molecule has 3 nitrogen and oxygen atoms in total. The zero-order chi connectivity index (χ0) is 9.38. The summed E-state index contributed by atoms with van der Waals surface area (Å²) in [5, 5.41) is 7.37. The van der Waals surface area contributed by atoms with Crippen molar-refractivity contribution in [2.24, 2.45) is 0 Å². The molecule has 2 aromatic rings. The van der Waals surface area contributed by atoms with Crippen LogP contribution in [0.5, 0.6) is 0 Å². The second-order valence-electron chi connectivity index (χ2n) is 3.72. The lowest BCUT2D eigenvalue weighted by Crippen LogP contribution is -1.78. The molecule has 3 heteroatoms. The van der Waals surface area contributed by atoms with Crippen molar-refractivity contribution in [3.8, 4) is 11.3 Å². The molecule has 0 saturated heterocycles. The van der Waals surface area contributed by atoms with Gasteiger partial charge in [-0.05, 0) is 31.0 Å². The van der Waals surface area contributed by atoms with Crippen LogP contribution in [0.4, 0.5) is 0 Å². The first-order valence-electron chi connectivity index (χ1n) is 4.89. The van der Waals surface area contributed by atoms with Gasteiger partial charge in [0, 0.05) is 29.6 Å². The van der Waals surface area contributed by atoms with Gasteiger partial charge in [0.1, 0.15) is 0 Å². The highest BCUT2D eigenvalue weighted by Gasteiger charge is 2.25. The van der Waals surface area contributed by atoms with Crippen molar-refractivity contribution in [3.63, 3.8) is 0 Å². The lowest BCUT2D eigenvalue weighted by molar-refractivity contribution is 0.966. The van der Waals surface area contributed by atoms with Crippen LogP contribution in [0.3, 0.4) is 0 Å². The standard InChI is InChI=1S/C11H11N3/c1-2-9(7-12-5-1)11-6-10(13-14-11)8-3-4-8/h1-2,5-8H,3-4H2,(H,13,14). The van der Waals surface area contributed by atoms with Gasteiger partial charge in [0.05, 0.1) is 5.69 Å². The Balaban J connectivity index is 1.96. The maximum Gasteiger partial charge on any atom is 0.0939 e. The van der Waals surface area contributed by atoms with Gasteiger partial charge in [-0.15, -0.1) is 0 Å². The van der Waals surface area contributed by atoms with E-state index in [4.69, 9.17) is 0 Å². The largest absolute Gasteiger partial charge is 0.282 e. The first kappa shape index (κ1) is 7.74. The predicted molar refractivity (Wildman–Crippen MR) is 53.8 cm³/mol. The Morgan fingerprint density at radius 3 is 3.00 bits per heavy atom. The number of rotatable bonds is 2. The third kappa shape index (κ3) is 1.31. The van der Waals surface area contributed by atoms with E-state index in [0.29, 0.717) is 0 Å². The SMILES string of the molecule is c1cncc(-c2cc(C3CC3)[nH]n2)c1. The number of pyridine rings is 1. The molecule has 70 valence electrons. The molecule has 1 aliphatic rings. The molecular weight excluding hydrogens is 174 g/mol. The van der Waals surface area contributed by atoms with E-state index in [1.54, 1.807) is 6.20 Å². The number of aromatic nitrogens is 3. The molecule has 0 spiro atoms. The van der Waals surface area contributed by atoms with Gasteiger partial charge < -0.3 is 0 Å². The molecule has 3 rings (SSSR count). The van der Waals surface area contributed by atoms with Gasteiger partial charge in [-0.25, -0.2) is 0 Å². The third-order valence-electron chi connectivity index (χ3n) is 2.57. The number of nitrogens with zero attached hydrogens (tertiary/aromatic N) is 2. The maximum absolute atomic E-state index is 4.28. The molecule has 0 aromatic carbocycles. The molecule has 0 unspecified atom stereocenters. The van der Waals surface area contributed by atoms with Crippen molar-refractivity contribution in [1.29, 1.82) is 0 Å². The van der Waals surface area contributed by atoms with Gasteiger partial charge in [-0.2, -0.15) is 5.10 Å². The van der Waals surface area contributed by atoms with E-state index in [0.717, 1.165) is 17.2 Å². The van der Waals surface area contributed by atoms with Crippen molar-refractivity contribution >= 4 is 0 Å². The summed E-state index contributed by atoms with van der Waals surface area (Å²) in [7, 11) is 0. The van der Waals surface area contributed by atoms with Gasteiger partial charge in [0.2, 0.25) is 0 Å². The van der Waals surface area contributed by atoms with Gasteiger partial charge >= 0.3 is 0 Å². The highest BCUT2D eigenvalue weighted by atomic mass is 15.1. The Morgan fingerprint density at radius 1 is 1.36 bits per heavy atom. The lowest BCUT2D eigenvalue weighted by atomic mass is 10.2. The second kappa shape index (κ2) is 2.94. The average molecular weight is 185 g/mol. The minimum atomic E-state index is 0.730. The summed E-state index contributed by atoms with van der Waals surface area (Å²) < 4.78 is 0. The summed E-state index contributed by atoms with van der Waals surface area (Å²) in [4.78, 5) is 4.08. The Kier molecular flexibility index (Phi) is 1.63. The minimum absolute atomic E-state index is 0.730. The van der Waals surface area contributed by atoms with Crippen LogP contribution in [0.25, 0.3) is 11.3 Å². The first-order valence-corrected chi connectivity index (χ1v) is 4.89. The molecule has 0 radical (unpaired) electrons. The molecule has 0 bridgehead atoms. The number of nitrogens with one attached hydrogen (secondary N) is 1. The van der Waals surface area contributed by atoms with Crippen LogP contribution in [0, 0.1) is 0 Å².